The summed E-state index contributed by atoms with van der Waals surface area (Å²) in [7, 11) is 0. The van der Waals surface area contributed by atoms with Crippen LogP contribution in [-0.4, -0.2) is 159 Å². The summed E-state index contributed by atoms with van der Waals surface area (Å²) in [4.78, 5) is 150. The number of carboxylic acid groups (broad SMARTS) is 1. The number of thiol groups is 1. The van der Waals surface area contributed by atoms with Crippen molar-refractivity contribution in [1.29, 1.82) is 0 Å². The molecule has 24 heteroatoms. The van der Waals surface area contributed by atoms with Crippen molar-refractivity contribution in [2.75, 3.05) is 18.8 Å². The lowest BCUT2D eigenvalue weighted by molar-refractivity contribution is -0.143. The zero-order valence-corrected chi connectivity index (χ0v) is 44.8. The number of nitrogens with two attached hydrogens (primary N) is 2. The fraction of sp³-hybridized carbons (Fsp3) is 0.771. The maximum Gasteiger partial charge on any atom is 0.327 e. The molecular formula is C48H83N11O12S. The van der Waals surface area contributed by atoms with Gasteiger partial charge in [-0.05, 0) is 81.5 Å². The number of rotatable bonds is 28. The van der Waals surface area contributed by atoms with Gasteiger partial charge in [0.15, 0.2) is 0 Å². The molecule has 0 unspecified atom stereocenters. The van der Waals surface area contributed by atoms with Crippen LogP contribution >= 0.6 is 12.6 Å². The summed E-state index contributed by atoms with van der Waals surface area (Å²) in [6.45, 7) is 19.4. The van der Waals surface area contributed by atoms with E-state index in [1.54, 1.807) is 41.5 Å². The Hall–Kier alpha value is -5.52. The number of aliphatic carboxylic acids is 1. The highest BCUT2D eigenvalue weighted by molar-refractivity contribution is 7.80. The van der Waals surface area contributed by atoms with E-state index in [-0.39, 0.29) is 62.3 Å². The smallest absolute Gasteiger partial charge is 0.327 e. The van der Waals surface area contributed by atoms with E-state index in [4.69, 9.17) is 11.5 Å². The van der Waals surface area contributed by atoms with E-state index in [1.807, 2.05) is 27.7 Å². The number of carbonyl (C=O) groups excluding carboxylic acids is 10. The van der Waals surface area contributed by atoms with Gasteiger partial charge in [0.05, 0.1) is 6.04 Å². The van der Waals surface area contributed by atoms with Crippen molar-refractivity contribution in [2.45, 2.75) is 188 Å². The molecule has 0 aromatic carbocycles. The Morgan fingerprint density at radius 2 is 0.958 bits per heavy atom. The third-order valence-corrected chi connectivity index (χ3v) is 13.1. The lowest BCUT2D eigenvalue weighted by atomic mass is 9.98. The highest BCUT2D eigenvalue weighted by atomic mass is 32.1. The van der Waals surface area contributed by atoms with Gasteiger partial charge in [0.2, 0.25) is 59.1 Å². The SMILES string of the molecule is CC(C)C[C@H](NC(=O)[C@H](C)NC(=O)[C@@H]1CCCN1C(=O)[C@H](CC(C)C)NC(=O)[C@@H](N)C(C)C)C(=O)N1CCC[C@H]1C(=O)N[C@@H](CCC(N)=O)C(=O)N[C@H](C(=O)N[C@H](C(=O)N[C@@H](CS)C(=O)O)C(C)C)C(C)C. The number of hydrogen-bond donors (Lipinski definition) is 11. The zero-order valence-electron chi connectivity index (χ0n) is 43.9. The molecule has 2 aliphatic heterocycles. The van der Waals surface area contributed by atoms with E-state index in [9.17, 15) is 57.8 Å². The maximum absolute atomic E-state index is 14.3. The Balaban J connectivity index is 2.26. The topological polar surface area (TPSA) is 351 Å². The predicted octanol–water partition coefficient (Wildman–Crippen LogP) is -0.951. The van der Waals surface area contributed by atoms with Crippen LogP contribution in [0.2, 0.25) is 0 Å². The van der Waals surface area contributed by atoms with Gasteiger partial charge < -0.3 is 63.6 Å². The molecule has 0 aromatic heterocycles. The Labute approximate surface area is 429 Å². The van der Waals surface area contributed by atoms with Gasteiger partial charge >= 0.3 is 5.97 Å². The number of amides is 10. The Bertz CT molecular complexity index is 1950. The Kier molecular flexibility index (Phi) is 25.4. The lowest BCUT2D eigenvalue weighted by Crippen LogP contribution is -2.61. The van der Waals surface area contributed by atoms with Gasteiger partial charge in [-0.25, -0.2) is 4.79 Å². The molecule has 2 heterocycles. The summed E-state index contributed by atoms with van der Waals surface area (Å²) < 4.78 is 0. The summed E-state index contributed by atoms with van der Waals surface area (Å²) in [5, 5.41) is 27.8. The van der Waals surface area contributed by atoms with Gasteiger partial charge in [0.25, 0.3) is 0 Å². The van der Waals surface area contributed by atoms with Crippen LogP contribution in [0.15, 0.2) is 0 Å². The van der Waals surface area contributed by atoms with Crippen LogP contribution in [0.5, 0.6) is 0 Å². The quantitative estimate of drug-likeness (QED) is 0.0422. The van der Waals surface area contributed by atoms with E-state index in [0.717, 1.165) is 0 Å². The van der Waals surface area contributed by atoms with Gasteiger partial charge in [-0.1, -0.05) is 69.2 Å². The highest BCUT2D eigenvalue weighted by Gasteiger charge is 2.42. The standard InChI is InChI=1S/C48H83N11O12S/c1-23(2)20-30(53-39(61)28(11)51-41(63)33-14-12-18-58(33)47(69)31(21-24(3)4)54-43(65)36(50)25(5)6)46(68)59-19-13-15-34(59)42(64)52-29(16-17-35(49)60)40(62)56-38(27(9)10)45(67)57-37(26(7)8)44(66)55-32(22-72)48(70)71/h23-34,36-38,72H,12-22,50H2,1-11H3,(H2,49,60)(H,51,63)(H,52,64)(H,53,61)(H,54,65)(H,55,66)(H,56,62)(H,57,67)(H,70,71)/t28-,29-,30-,31-,32-,33-,34-,36-,37-,38-/m0/s1. The van der Waals surface area contributed by atoms with Crippen LogP contribution in [0, 0.1) is 29.6 Å². The van der Waals surface area contributed by atoms with Gasteiger partial charge in [0.1, 0.15) is 54.4 Å². The molecule has 2 rings (SSSR count). The minimum absolute atomic E-state index is 0.0248. The number of primary amides is 1. The summed E-state index contributed by atoms with van der Waals surface area (Å²) >= 11 is 3.97. The maximum atomic E-state index is 14.3. The third-order valence-electron chi connectivity index (χ3n) is 12.7. The molecule has 0 bridgehead atoms. The zero-order chi connectivity index (χ0) is 54.9. The number of likely N-dealkylation sites (tertiary alicyclic amines) is 2. The molecule has 2 saturated heterocycles. The van der Waals surface area contributed by atoms with Crippen LogP contribution in [0.1, 0.15) is 128 Å². The first-order chi connectivity index (χ1) is 33.5. The van der Waals surface area contributed by atoms with E-state index in [1.165, 1.54) is 16.7 Å². The van der Waals surface area contributed by atoms with E-state index in [2.05, 4.69) is 49.8 Å². The predicted molar refractivity (Wildman–Crippen MR) is 270 cm³/mol. The normalized spacial score (nSPS) is 19.1. The Morgan fingerprint density at radius 3 is 1.36 bits per heavy atom. The minimum Gasteiger partial charge on any atom is -0.480 e. The van der Waals surface area contributed by atoms with Gasteiger partial charge in [-0.15, -0.1) is 0 Å². The summed E-state index contributed by atoms with van der Waals surface area (Å²) in [5.41, 5.74) is 11.5. The molecule has 12 N–H and O–H groups in total. The van der Waals surface area contributed by atoms with Gasteiger partial charge in [-0.3, -0.25) is 47.9 Å². The van der Waals surface area contributed by atoms with Crippen molar-refractivity contribution in [1.82, 2.24) is 47.0 Å². The molecule has 72 heavy (non-hydrogen) atoms. The second kappa shape index (κ2) is 29.2. The van der Waals surface area contributed by atoms with E-state index in [0.29, 0.717) is 25.7 Å². The average Bonchev–Trinajstić information content (AvgIpc) is 3.99. The molecule has 10 atom stereocenters. The van der Waals surface area contributed by atoms with E-state index < -0.39 is 137 Å². The van der Waals surface area contributed by atoms with Crippen molar-refractivity contribution in [3.05, 3.63) is 0 Å². The second-order valence-corrected chi connectivity index (χ2v) is 21.2. The van der Waals surface area contributed by atoms with Crippen molar-refractivity contribution in [3.8, 4) is 0 Å². The van der Waals surface area contributed by atoms with Gasteiger partial charge in [0, 0.05) is 25.3 Å². The average molecular weight is 1040 g/mol. The minimum atomic E-state index is -1.42. The number of hydrogen-bond acceptors (Lipinski definition) is 13. The largest absolute Gasteiger partial charge is 0.480 e. The van der Waals surface area contributed by atoms with Gasteiger partial charge in [-0.2, -0.15) is 12.6 Å². The van der Waals surface area contributed by atoms with Crippen LogP contribution in [0.25, 0.3) is 0 Å². The Morgan fingerprint density at radius 1 is 0.542 bits per heavy atom. The highest BCUT2D eigenvalue weighted by Crippen LogP contribution is 2.23. The molecule has 0 radical (unpaired) electrons. The first-order valence-corrected chi connectivity index (χ1v) is 25.8. The molecule has 0 aliphatic carbocycles. The fourth-order valence-electron chi connectivity index (χ4n) is 8.47. The van der Waals surface area contributed by atoms with E-state index >= 15 is 0 Å². The second-order valence-electron chi connectivity index (χ2n) is 20.9. The van der Waals surface area contributed by atoms with Crippen LogP contribution in [-0.2, 0) is 52.7 Å². The van der Waals surface area contributed by atoms with Crippen LogP contribution in [0.4, 0.5) is 0 Å². The number of nitrogens with one attached hydrogen (secondary N) is 7. The number of carboxylic acids is 1. The van der Waals surface area contributed by atoms with Crippen LogP contribution in [0.3, 0.4) is 0 Å². The first-order valence-electron chi connectivity index (χ1n) is 25.1. The first kappa shape index (κ1) is 62.6. The molecule has 0 saturated carbocycles. The molecule has 23 nitrogen and oxygen atoms in total. The van der Waals surface area contributed by atoms with Crippen molar-refractivity contribution in [3.63, 3.8) is 0 Å². The lowest BCUT2D eigenvalue weighted by Gasteiger charge is -2.32. The molecule has 0 aromatic rings. The van der Waals surface area contributed by atoms with Crippen molar-refractivity contribution in [2.24, 2.45) is 41.1 Å². The molecule has 2 aliphatic rings. The molecule has 408 valence electrons. The van der Waals surface area contributed by atoms with Crippen molar-refractivity contribution < 1.29 is 57.8 Å². The molecular weight excluding hydrogens is 955 g/mol. The fourth-order valence-corrected chi connectivity index (χ4v) is 8.72. The van der Waals surface area contributed by atoms with Crippen LogP contribution < -0.4 is 48.7 Å². The number of nitrogens with zero attached hydrogens (tertiary/aromatic N) is 2. The summed E-state index contributed by atoms with van der Waals surface area (Å²) in [6, 6.07) is -11.3. The summed E-state index contributed by atoms with van der Waals surface area (Å²) in [5.74, 6) is -9.60. The molecule has 10 amide bonds. The monoisotopic (exact) mass is 1040 g/mol. The summed E-state index contributed by atoms with van der Waals surface area (Å²) in [6.07, 6.45) is 1.26. The van der Waals surface area contributed by atoms with Crippen molar-refractivity contribution >= 4 is 77.7 Å². The third kappa shape index (κ3) is 18.8. The number of carbonyl (C=O) groups is 11. The molecule has 2 fully saturated rings. The molecule has 0 spiro atoms.